The van der Waals surface area contributed by atoms with Gasteiger partial charge in [0, 0.05) is 24.6 Å². The number of oxazole rings is 1. The maximum absolute atomic E-state index is 5.49. The Balaban J connectivity index is 1.57. The van der Waals surface area contributed by atoms with Crippen molar-refractivity contribution in [2.45, 2.75) is 25.8 Å². The quantitative estimate of drug-likeness (QED) is 0.816. The third kappa shape index (κ3) is 1.47. The summed E-state index contributed by atoms with van der Waals surface area (Å²) in [6.45, 7) is 1.88. The summed E-state index contributed by atoms with van der Waals surface area (Å²) in [4.78, 5) is 4.37. The van der Waals surface area contributed by atoms with E-state index in [4.69, 9.17) is 4.42 Å². The highest BCUT2D eigenvalue weighted by Crippen LogP contribution is 2.44. The van der Waals surface area contributed by atoms with Crippen molar-refractivity contribution in [3.63, 3.8) is 0 Å². The summed E-state index contributed by atoms with van der Waals surface area (Å²) < 4.78 is 5.49. The van der Waals surface area contributed by atoms with Crippen LogP contribution in [0.5, 0.6) is 0 Å². The first-order valence-electron chi connectivity index (χ1n) is 6.60. The first-order valence-corrected chi connectivity index (χ1v) is 6.60. The highest BCUT2D eigenvalue weighted by molar-refractivity contribution is 5.77. The van der Waals surface area contributed by atoms with Crippen molar-refractivity contribution in [3.05, 3.63) is 36.2 Å². The molecule has 3 nitrogen and oxygen atoms in total. The van der Waals surface area contributed by atoms with Gasteiger partial charge >= 0.3 is 0 Å². The van der Waals surface area contributed by atoms with E-state index < -0.39 is 0 Å². The number of benzene rings is 1. The summed E-state index contributed by atoms with van der Waals surface area (Å²) in [5.41, 5.74) is 2.96. The Labute approximate surface area is 106 Å². The lowest BCUT2D eigenvalue weighted by Crippen LogP contribution is -2.43. The summed E-state index contributed by atoms with van der Waals surface area (Å²) in [6, 6.07) is 6.76. The molecule has 0 amide bonds. The number of allylic oxidation sites excluding steroid dienone is 1. The second-order valence-electron chi connectivity index (χ2n) is 5.40. The fourth-order valence-electron chi connectivity index (χ4n) is 3.23. The number of hydrogen-bond donors (Lipinski definition) is 1. The minimum absolute atomic E-state index is 0.596. The number of aromatic nitrogens is 1. The molecule has 1 aromatic carbocycles. The molecular formula is C15H16N2O. The van der Waals surface area contributed by atoms with Gasteiger partial charge in [-0.25, -0.2) is 4.98 Å². The van der Waals surface area contributed by atoms with Crippen LogP contribution in [0.2, 0.25) is 0 Å². The highest BCUT2D eigenvalue weighted by atomic mass is 16.3. The largest absolute Gasteiger partial charge is 0.441 e. The van der Waals surface area contributed by atoms with Crippen LogP contribution in [0.3, 0.4) is 0 Å². The van der Waals surface area contributed by atoms with Crippen molar-refractivity contribution in [1.29, 1.82) is 0 Å². The zero-order valence-corrected chi connectivity index (χ0v) is 10.4. The molecule has 0 saturated heterocycles. The fraction of sp³-hybridized carbons (Fsp3) is 0.400. The Hall–Kier alpha value is -1.77. The van der Waals surface area contributed by atoms with E-state index in [-0.39, 0.29) is 0 Å². The van der Waals surface area contributed by atoms with Gasteiger partial charge in [-0.3, -0.25) is 0 Å². The minimum Gasteiger partial charge on any atom is -0.441 e. The molecule has 2 aliphatic rings. The van der Waals surface area contributed by atoms with Gasteiger partial charge in [0.05, 0.1) is 0 Å². The van der Waals surface area contributed by atoms with E-state index in [1.54, 1.807) is 0 Å². The zero-order chi connectivity index (χ0) is 12.1. The van der Waals surface area contributed by atoms with Crippen molar-refractivity contribution in [2.75, 3.05) is 5.32 Å². The van der Waals surface area contributed by atoms with Crippen LogP contribution in [0.25, 0.3) is 11.1 Å². The molecule has 1 N–H and O–H groups in total. The molecule has 1 fully saturated rings. The summed E-state index contributed by atoms with van der Waals surface area (Å²) in [5, 5.41) is 3.62. The number of hydrogen-bond acceptors (Lipinski definition) is 3. The van der Waals surface area contributed by atoms with E-state index in [1.807, 2.05) is 13.0 Å². The molecule has 4 rings (SSSR count). The molecule has 3 unspecified atom stereocenters. The Bertz CT molecular complexity index is 628. The molecule has 2 aliphatic carbocycles. The summed E-state index contributed by atoms with van der Waals surface area (Å²) in [6.07, 6.45) is 7.24. The Morgan fingerprint density at radius 3 is 3.22 bits per heavy atom. The molecule has 1 heterocycles. The van der Waals surface area contributed by atoms with Gasteiger partial charge in [-0.2, -0.15) is 0 Å². The third-order valence-electron chi connectivity index (χ3n) is 4.21. The first-order chi connectivity index (χ1) is 8.79. The molecule has 18 heavy (non-hydrogen) atoms. The average molecular weight is 240 g/mol. The maximum atomic E-state index is 5.49. The number of aryl methyl sites for hydroxylation is 1. The second-order valence-corrected chi connectivity index (χ2v) is 5.40. The summed E-state index contributed by atoms with van der Waals surface area (Å²) in [7, 11) is 0. The van der Waals surface area contributed by atoms with Crippen molar-refractivity contribution < 1.29 is 4.42 Å². The van der Waals surface area contributed by atoms with Crippen molar-refractivity contribution in [2.24, 2.45) is 11.8 Å². The standard InChI is InChI=1S/C15H16N2O/c1-9-16-14-8-11(5-6-15(14)18-9)17-13-7-10-3-2-4-12(10)13/h2,4-6,8,10,12-13,17H,3,7H2,1H3. The van der Waals surface area contributed by atoms with E-state index >= 15 is 0 Å². The predicted molar refractivity (Wildman–Crippen MR) is 71.5 cm³/mol. The fourth-order valence-corrected chi connectivity index (χ4v) is 3.23. The van der Waals surface area contributed by atoms with Gasteiger partial charge in [0.1, 0.15) is 5.52 Å². The van der Waals surface area contributed by atoms with Crippen LogP contribution in [0, 0.1) is 18.8 Å². The average Bonchev–Trinajstić information content (AvgIpc) is 2.87. The number of anilines is 1. The minimum atomic E-state index is 0.596. The van der Waals surface area contributed by atoms with Gasteiger partial charge < -0.3 is 9.73 Å². The molecule has 3 atom stereocenters. The van der Waals surface area contributed by atoms with Gasteiger partial charge in [-0.05, 0) is 37.0 Å². The van der Waals surface area contributed by atoms with Crippen LogP contribution in [-0.2, 0) is 0 Å². The molecular weight excluding hydrogens is 224 g/mol. The lowest BCUT2D eigenvalue weighted by molar-refractivity contribution is 0.218. The van der Waals surface area contributed by atoms with E-state index in [0.717, 1.165) is 34.5 Å². The molecule has 0 aliphatic heterocycles. The molecule has 0 radical (unpaired) electrons. The molecule has 2 aromatic rings. The molecule has 0 bridgehead atoms. The van der Waals surface area contributed by atoms with Gasteiger partial charge in [-0.1, -0.05) is 12.2 Å². The number of rotatable bonds is 2. The van der Waals surface area contributed by atoms with Crippen LogP contribution in [0.1, 0.15) is 18.7 Å². The predicted octanol–water partition coefficient (Wildman–Crippen LogP) is 3.51. The van der Waals surface area contributed by atoms with Crippen LogP contribution in [0.15, 0.2) is 34.8 Å². The Morgan fingerprint density at radius 2 is 2.33 bits per heavy atom. The lowest BCUT2D eigenvalue weighted by atomic mass is 9.71. The third-order valence-corrected chi connectivity index (χ3v) is 4.21. The van der Waals surface area contributed by atoms with Crippen LogP contribution in [0.4, 0.5) is 5.69 Å². The topological polar surface area (TPSA) is 38.1 Å². The summed E-state index contributed by atoms with van der Waals surface area (Å²) >= 11 is 0. The van der Waals surface area contributed by atoms with Gasteiger partial charge in [0.2, 0.25) is 0 Å². The van der Waals surface area contributed by atoms with E-state index in [0.29, 0.717) is 6.04 Å². The summed E-state index contributed by atoms with van der Waals surface area (Å²) in [5.74, 6) is 2.35. The van der Waals surface area contributed by atoms with E-state index in [9.17, 15) is 0 Å². The van der Waals surface area contributed by atoms with Gasteiger partial charge in [0.15, 0.2) is 11.5 Å². The molecule has 1 saturated carbocycles. The number of nitrogens with zero attached hydrogens (tertiary/aromatic N) is 1. The van der Waals surface area contributed by atoms with Crippen LogP contribution in [-0.4, -0.2) is 11.0 Å². The van der Waals surface area contributed by atoms with Gasteiger partial charge in [0.25, 0.3) is 0 Å². The normalized spacial score (nSPS) is 29.3. The van der Waals surface area contributed by atoms with Crippen molar-refractivity contribution in [3.8, 4) is 0 Å². The number of nitrogens with one attached hydrogen (secondary N) is 1. The SMILES string of the molecule is Cc1nc2cc(NC3CC4CC=CC43)ccc2o1. The number of fused-ring (bicyclic) bond motifs is 2. The second kappa shape index (κ2) is 3.61. The highest BCUT2D eigenvalue weighted by Gasteiger charge is 2.40. The maximum Gasteiger partial charge on any atom is 0.192 e. The van der Waals surface area contributed by atoms with E-state index in [2.05, 4.69) is 34.6 Å². The molecule has 1 aromatic heterocycles. The van der Waals surface area contributed by atoms with Gasteiger partial charge in [-0.15, -0.1) is 0 Å². The lowest BCUT2D eigenvalue weighted by Gasteiger charge is -2.41. The Kier molecular flexibility index (Phi) is 2.04. The smallest absolute Gasteiger partial charge is 0.192 e. The van der Waals surface area contributed by atoms with Crippen LogP contribution < -0.4 is 5.32 Å². The molecule has 3 heteroatoms. The molecule has 0 spiro atoms. The van der Waals surface area contributed by atoms with Crippen molar-refractivity contribution in [1.82, 2.24) is 4.98 Å². The van der Waals surface area contributed by atoms with E-state index in [1.165, 1.54) is 12.8 Å². The Morgan fingerprint density at radius 1 is 1.39 bits per heavy atom. The molecule has 92 valence electrons. The van der Waals surface area contributed by atoms with Crippen LogP contribution >= 0.6 is 0 Å². The first kappa shape index (κ1) is 10.2. The van der Waals surface area contributed by atoms with Crippen molar-refractivity contribution >= 4 is 16.8 Å². The monoisotopic (exact) mass is 240 g/mol. The zero-order valence-electron chi connectivity index (χ0n) is 10.4.